The van der Waals surface area contributed by atoms with Crippen LogP contribution in [0.5, 0.6) is 0 Å². The third-order valence-corrected chi connectivity index (χ3v) is 2.83. The van der Waals surface area contributed by atoms with Gasteiger partial charge in [-0.1, -0.05) is 0 Å². The molecular formula is C14H12N3NaO2. The summed E-state index contributed by atoms with van der Waals surface area (Å²) in [6, 6.07) is 9.96. The largest absolute Gasteiger partial charge is 1.00 e. The van der Waals surface area contributed by atoms with Gasteiger partial charge in [0.05, 0.1) is 11.6 Å². The van der Waals surface area contributed by atoms with Crippen LogP contribution in [0.2, 0.25) is 0 Å². The van der Waals surface area contributed by atoms with Gasteiger partial charge in [0.25, 0.3) is 5.91 Å². The van der Waals surface area contributed by atoms with Gasteiger partial charge in [0.1, 0.15) is 11.8 Å². The van der Waals surface area contributed by atoms with Gasteiger partial charge in [-0.05, 0) is 37.1 Å². The van der Waals surface area contributed by atoms with Crippen molar-refractivity contribution >= 4 is 11.6 Å². The molecule has 0 bridgehead atoms. The van der Waals surface area contributed by atoms with E-state index in [0.717, 1.165) is 12.8 Å². The Morgan fingerprint density at radius 3 is 2.35 bits per heavy atom. The number of benzene rings is 1. The molecule has 6 heteroatoms. The molecule has 2 N–H and O–H groups in total. The second-order valence-electron chi connectivity index (χ2n) is 4.29. The van der Waals surface area contributed by atoms with E-state index in [1.807, 2.05) is 6.07 Å². The van der Waals surface area contributed by atoms with Crippen molar-refractivity contribution in [3.05, 3.63) is 41.2 Å². The first-order valence-corrected chi connectivity index (χ1v) is 5.80. The standard InChI is InChI=1S/C14H11N3O2.Na.H/c15-7-9-1-5-11(6-2-9)17-14(19)12(8-16)13(18)10-3-4-10;;/h1-2,5-6,10,18H,3-4H2,(H,17,19);;/q;+1;-1. The van der Waals surface area contributed by atoms with Crippen molar-refractivity contribution in [2.45, 2.75) is 12.8 Å². The predicted molar refractivity (Wildman–Crippen MR) is 68.9 cm³/mol. The van der Waals surface area contributed by atoms with E-state index in [-0.39, 0.29) is 48.2 Å². The van der Waals surface area contributed by atoms with Gasteiger partial charge >= 0.3 is 29.6 Å². The predicted octanol–water partition coefficient (Wildman–Crippen LogP) is -0.641. The smallest absolute Gasteiger partial charge is 1.00 e. The SMILES string of the molecule is N#CC(C(=O)Nc1ccc(C#N)cc1)=C(O)C1CC1.[H-].[Na+]. The van der Waals surface area contributed by atoms with Crippen LogP contribution in [0.15, 0.2) is 35.6 Å². The molecule has 0 saturated heterocycles. The van der Waals surface area contributed by atoms with Crippen molar-refractivity contribution < 1.29 is 40.9 Å². The fourth-order valence-electron chi connectivity index (χ4n) is 1.61. The average Bonchev–Trinajstić information content (AvgIpc) is 3.24. The number of amides is 1. The molecule has 1 saturated carbocycles. The van der Waals surface area contributed by atoms with Crippen molar-refractivity contribution in [3.63, 3.8) is 0 Å². The second-order valence-corrected chi connectivity index (χ2v) is 4.29. The number of nitriles is 2. The summed E-state index contributed by atoms with van der Waals surface area (Å²) >= 11 is 0. The molecule has 0 radical (unpaired) electrons. The molecule has 1 aliphatic carbocycles. The number of hydrogen-bond acceptors (Lipinski definition) is 4. The van der Waals surface area contributed by atoms with Crippen molar-refractivity contribution in [2.24, 2.45) is 5.92 Å². The van der Waals surface area contributed by atoms with Crippen LogP contribution in [-0.4, -0.2) is 11.0 Å². The van der Waals surface area contributed by atoms with Gasteiger partial charge in [-0.25, -0.2) is 0 Å². The Balaban J connectivity index is 0.00000200. The second kappa shape index (κ2) is 7.12. The number of nitrogens with one attached hydrogen (secondary N) is 1. The monoisotopic (exact) mass is 277 g/mol. The Morgan fingerprint density at radius 1 is 1.30 bits per heavy atom. The molecule has 1 aliphatic rings. The Bertz CT molecular complexity index is 625. The molecule has 0 aliphatic heterocycles. The normalized spacial score (nSPS) is 14.1. The van der Waals surface area contributed by atoms with E-state index in [0.29, 0.717) is 11.3 Å². The van der Waals surface area contributed by atoms with E-state index >= 15 is 0 Å². The van der Waals surface area contributed by atoms with E-state index in [1.165, 1.54) is 0 Å². The van der Waals surface area contributed by atoms with Gasteiger partial charge in [0.2, 0.25) is 0 Å². The van der Waals surface area contributed by atoms with Crippen LogP contribution in [0.4, 0.5) is 5.69 Å². The molecule has 0 atom stereocenters. The molecule has 0 heterocycles. The zero-order valence-electron chi connectivity index (χ0n) is 12.1. The summed E-state index contributed by atoms with van der Waals surface area (Å²) in [7, 11) is 0. The van der Waals surface area contributed by atoms with Crippen molar-refractivity contribution in [1.82, 2.24) is 0 Å². The molecular weight excluding hydrogens is 265 g/mol. The van der Waals surface area contributed by atoms with E-state index in [9.17, 15) is 9.90 Å². The summed E-state index contributed by atoms with van der Waals surface area (Å²) in [4.78, 5) is 11.9. The molecule has 2 rings (SSSR count). The first kappa shape index (κ1) is 16.3. The minimum absolute atomic E-state index is 0. The van der Waals surface area contributed by atoms with Crippen molar-refractivity contribution in [1.29, 1.82) is 10.5 Å². The summed E-state index contributed by atoms with van der Waals surface area (Å²) in [5.74, 6) is -0.813. The summed E-state index contributed by atoms with van der Waals surface area (Å²) in [6.45, 7) is 0. The minimum Gasteiger partial charge on any atom is -1.00 e. The quantitative estimate of drug-likeness (QED) is 0.332. The van der Waals surface area contributed by atoms with Crippen molar-refractivity contribution in [3.8, 4) is 12.1 Å². The van der Waals surface area contributed by atoms with Gasteiger partial charge in [0, 0.05) is 11.6 Å². The molecule has 1 amide bonds. The van der Waals surface area contributed by atoms with Crippen LogP contribution in [0.25, 0.3) is 0 Å². The first-order valence-electron chi connectivity index (χ1n) is 5.80. The van der Waals surface area contributed by atoms with Crippen LogP contribution < -0.4 is 34.9 Å². The van der Waals surface area contributed by atoms with E-state index in [1.54, 1.807) is 30.3 Å². The Kier molecular flexibility index (Phi) is 5.79. The number of allylic oxidation sites excluding steroid dienone is 1. The Morgan fingerprint density at radius 2 is 1.90 bits per heavy atom. The van der Waals surface area contributed by atoms with Crippen LogP contribution >= 0.6 is 0 Å². The number of rotatable bonds is 3. The number of anilines is 1. The molecule has 0 spiro atoms. The molecule has 0 unspecified atom stereocenters. The van der Waals surface area contributed by atoms with Gasteiger partial charge in [0.15, 0.2) is 5.57 Å². The fourth-order valence-corrected chi connectivity index (χ4v) is 1.61. The number of aliphatic hydroxyl groups excluding tert-OH is 1. The van der Waals surface area contributed by atoms with E-state index < -0.39 is 5.91 Å². The number of carbonyl (C=O) groups is 1. The van der Waals surface area contributed by atoms with Crippen LogP contribution in [0.3, 0.4) is 0 Å². The summed E-state index contributed by atoms with van der Waals surface area (Å²) in [5.41, 5.74) is 0.710. The third kappa shape index (κ3) is 3.85. The van der Waals surface area contributed by atoms with Gasteiger partial charge in [-0.3, -0.25) is 4.79 Å². The van der Waals surface area contributed by atoms with Gasteiger partial charge in [-0.2, -0.15) is 10.5 Å². The molecule has 1 aromatic carbocycles. The molecule has 1 fully saturated rings. The molecule has 5 nitrogen and oxygen atoms in total. The average molecular weight is 277 g/mol. The van der Waals surface area contributed by atoms with Crippen LogP contribution in [0, 0.1) is 28.6 Å². The summed E-state index contributed by atoms with van der Waals surface area (Å²) in [5, 5.41) is 29.8. The fraction of sp³-hybridized carbons (Fsp3) is 0.214. The van der Waals surface area contributed by atoms with E-state index in [4.69, 9.17) is 10.5 Å². The summed E-state index contributed by atoms with van der Waals surface area (Å²) < 4.78 is 0. The molecule has 96 valence electrons. The first-order chi connectivity index (χ1) is 9.15. The van der Waals surface area contributed by atoms with Gasteiger partial charge < -0.3 is 11.8 Å². The minimum atomic E-state index is -0.628. The molecule has 20 heavy (non-hydrogen) atoms. The zero-order chi connectivity index (χ0) is 13.8. The third-order valence-electron chi connectivity index (χ3n) is 2.83. The van der Waals surface area contributed by atoms with Crippen LogP contribution in [-0.2, 0) is 4.79 Å². The number of aliphatic hydroxyl groups is 1. The topological polar surface area (TPSA) is 96.9 Å². The summed E-state index contributed by atoms with van der Waals surface area (Å²) in [6.07, 6.45) is 1.61. The van der Waals surface area contributed by atoms with Gasteiger partial charge in [-0.15, -0.1) is 0 Å². The maximum Gasteiger partial charge on any atom is 1.00 e. The Labute approximate surface area is 140 Å². The van der Waals surface area contributed by atoms with E-state index in [2.05, 4.69) is 5.32 Å². The number of nitrogens with zero attached hydrogens (tertiary/aromatic N) is 2. The molecule has 1 aromatic rings. The molecule has 0 aromatic heterocycles. The zero-order valence-corrected chi connectivity index (χ0v) is 13.1. The maximum atomic E-state index is 11.9. The number of carbonyl (C=O) groups excluding carboxylic acids is 1. The van der Waals surface area contributed by atoms with Crippen molar-refractivity contribution in [2.75, 3.05) is 5.32 Å². The van der Waals surface area contributed by atoms with Crippen LogP contribution in [0.1, 0.15) is 19.8 Å². The maximum absolute atomic E-state index is 11.9. The number of hydrogen-bond donors (Lipinski definition) is 2. The Hall–Kier alpha value is -1.79.